The monoisotopic (exact) mass is 383 g/mol. The van der Waals surface area contributed by atoms with Crippen molar-refractivity contribution in [2.24, 2.45) is 0 Å². The Labute approximate surface area is 168 Å². The van der Waals surface area contributed by atoms with Gasteiger partial charge in [0.15, 0.2) is 4.96 Å². The molecule has 0 aliphatic heterocycles. The molecule has 0 aliphatic carbocycles. The largest absolute Gasteiger partial charge is 0.311 e. The molecule has 0 fully saturated rings. The highest BCUT2D eigenvalue weighted by Crippen LogP contribution is 2.29. The van der Waals surface area contributed by atoms with Gasteiger partial charge in [-0.15, -0.1) is 11.3 Å². The van der Waals surface area contributed by atoms with E-state index >= 15 is 0 Å². The summed E-state index contributed by atoms with van der Waals surface area (Å²) in [5.74, 6) is 0. The van der Waals surface area contributed by atoms with E-state index in [-0.39, 0.29) is 0 Å². The van der Waals surface area contributed by atoms with Gasteiger partial charge in [-0.3, -0.25) is 4.40 Å². The van der Waals surface area contributed by atoms with Crippen LogP contribution < -0.4 is 5.32 Å². The first-order valence-corrected chi connectivity index (χ1v) is 10.4. The molecule has 0 spiro atoms. The summed E-state index contributed by atoms with van der Waals surface area (Å²) in [5, 5.41) is 8.22. The fraction of sp³-hybridized carbons (Fsp3) is 0.125. The van der Waals surface area contributed by atoms with E-state index in [2.05, 4.69) is 94.1 Å². The fourth-order valence-electron chi connectivity index (χ4n) is 3.65. The normalized spacial score (nSPS) is 11.4. The maximum Gasteiger partial charge on any atom is 0.194 e. The second-order valence-electron chi connectivity index (χ2n) is 6.94. The third-order valence-electron chi connectivity index (χ3n) is 5.11. The first-order chi connectivity index (χ1) is 13.9. The number of hydrogen-bond donors (Lipinski definition) is 1. The van der Waals surface area contributed by atoms with Crippen LogP contribution in [0.3, 0.4) is 0 Å². The zero-order chi connectivity index (χ0) is 18.8. The molecule has 1 N–H and O–H groups in total. The van der Waals surface area contributed by atoms with Crippen LogP contribution in [0.15, 0.2) is 84.4 Å². The van der Waals surface area contributed by atoms with Crippen molar-refractivity contribution in [1.29, 1.82) is 0 Å². The Balaban J connectivity index is 1.42. The zero-order valence-electron chi connectivity index (χ0n) is 15.5. The Morgan fingerprint density at radius 1 is 0.893 bits per heavy atom. The molecule has 0 saturated heterocycles. The van der Waals surface area contributed by atoms with Crippen molar-refractivity contribution in [3.05, 3.63) is 95.6 Å². The lowest BCUT2D eigenvalue weighted by molar-refractivity contribution is 0.673. The molecule has 2 aromatic heterocycles. The Bertz CT molecular complexity index is 1220. The number of thiazole rings is 1. The van der Waals surface area contributed by atoms with Crippen molar-refractivity contribution in [3.63, 3.8) is 0 Å². The minimum absolute atomic E-state index is 0.799. The summed E-state index contributed by atoms with van der Waals surface area (Å²) in [5.41, 5.74) is 4.83. The number of fused-ring (bicyclic) bond motifs is 2. The topological polar surface area (TPSA) is 29.3 Å². The van der Waals surface area contributed by atoms with E-state index in [1.165, 1.54) is 27.6 Å². The maximum atomic E-state index is 4.93. The summed E-state index contributed by atoms with van der Waals surface area (Å²) >= 11 is 1.68. The van der Waals surface area contributed by atoms with Crippen LogP contribution in [-0.2, 0) is 13.0 Å². The highest BCUT2D eigenvalue weighted by molar-refractivity contribution is 7.15. The summed E-state index contributed by atoms with van der Waals surface area (Å²) in [6, 6.07) is 25.7. The van der Waals surface area contributed by atoms with Gasteiger partial charge in [-0.1, -0.05) is 66.7 Å². The number of nitrogens with zero attached hydrogens (tertiary/aromatic N) is 2. The maximum absolute atomic E-state index is 4.93. The molecular formula is C24H21N3S. The molecule has 0 aliphatic rings. The summed E-state index contributed by atoms with van der Waals surface area (Å²) in [6.45, 7) is 1.74. The van der Waals surface area contributed by atoms with Crippen LogP contribution in [0.2, 0.25) is 0 Å². The zero-order valence-corrected chi connectivity index (χ0v) is 16.3. The smallest absolute Gasteiger partial charge is 0.194 e. The van der Waals surface area contributed by atoms with E-state index in [9.17, 15) is 0 Å². The Hall–Kier alpha value is -2.95. The van der Waals surface area contributed by atoms with E-state index in [1.807, 2.05) is 0 Å². The molecule has 3 nitrogen and oxygen atoms in total. The third-order valence-corrected chi connectivity index (χ3v) is 5.87. The van der Waals surface area contributed by atoms with Crippen molar-refractivity contribution >= 4 is 27.1 Å². The van der Waals surface area contributed by atoms with Crippen molar-refractivity contribution in [2.75, 3.05) is 6.54 Å². The average Bonchev–Trinajstić information content (AvgIpc) is 3.34. The summed E-state index contributed by atoms with van der Waals surface area (Å²) < 4.78 is 2.21. The number of benzene rings is 3. The van der Waals surface area contributed by atoms with Crippen molar-refractivity contribution in [1.82, 2.24) is 14.7 Å². The van der Waals surface area contributed by atoms with E-state index in [1.54, 1.807) is 11.3 Å². The lowest BCUT2D eigenvalue weighted by atomic mass is 10.0. The summed E-state index contributed by atoms with van der Waals surface area (Å²) in [4.78, 5) is 5.97. The molecule has 2 heterocycles. The Morgan fingerprint density at radius 2 is 1.71 bits per heavy atom. The Morgan fingerprint density at radius 3 is 2.61 bits per heavy atom. The van der Waals surface area contributed by atoms with Crippen LogP contribution in [0.25, 0.3) is 27.0 Å². The molecule has 3 aromatic carbocycles. The molecule has 0 amide bonds. The van der Waals surface area contributed by atoms with Gasteiger partial charge in [0.2, 0.25) is 0 Å². The van der Waals surface area contributed by atoms with Crippen molar-refractivity contribution in [2.45, 2.75) is 13.0 Å². The predicted molar refractivity (Wildman–Crippen MR) is 118 cm³/mol. The van der Waals surface area contributed by atoms with Crippen LogP contribution in [0.4, 0.5) is 0 Å². The van der Waals surface area contributed by atoms with Crippen LogP contribution in [0.5, 0.6) is 0 Å². The van der Waals surface area contributed by atoms with Gasteiger partial charge in [0, 0.05) is 23.7 Å². The van der Waals surface area contributed by atoms with Gasteiger partial charge in [0.1, 0.15) is 0 Å². The number of aromatic nitrogens is 2. The van der Waals surface area contributed by atoms with Crippen LogP contribution in [-0.4, -0.2) is 15.9 Å². The number of imidazole rings is 1. The van der Waals surface area contributed by atoms with Crippen LogP contribution in [0, 0.1) is 0 Å². The molecule has 0 radical (unpaired) electrons. The summed E-state index contributed by atoms with van der Waals surface area (Å²) in [6.07, 6.45) is 3.14. The van der Waals surface area contributed by atoms with E-state index in [4.69, 9.17) is 4.98 Å². The molecule has 138 valence electrons. The molecule has 0 atom stereocenters. The number of rotatable bonds is 6. The standard InChI is InChI=1S/C24H21N3S/c1-2-6-18(7-3-1)12-13-25-17-22-23(26-24-27(22)14-15-28-24)21-11-10-19-8-4-5-9-20(19)16-21/h1-11,14-16,25H,12-13,17H2. The second-order valence-corrected chi connectivity index (χ2v) is 7.81. The molecule has 0 unspecified atom stereocenters. The van der Waals surface area contributed by atoms with Crippen LogP contribution >= 0.6 is 11.3 Å². The second kappa shape index (κ2) is 7.58. The third kappa shape index (κ3) is 3.33. The first kappa shape index (κ1) is 17.2. The summed E-state index contributed by atoms with van der Waals surface area (Å²) in [7, 11) is 0. The molecule has 0 saturated carbocycles. The minimum Gasteiger partial charge on any atom is -0.311 e. The van der Waals surface area contributed by atoms with Gasteiger partial charge in [-0.25, -0.2) is 4.98 Å². The van der Waals surface area contributed by atoms with Crippen LogP contribution in [0.1, 0.15) is 11.3 Å². The molecule has 28 heavy (non-hydrogen) atoms. The molecule has 5 rings (SSSR count). The van der Waals surface area contributed by atoms with E-state index in [0.29, 0.717) is 0 Å². The van der Waals surface area contributed by atoms with E-state index in [0.717, 1.165) is 30.2 Å². The van der Waals surface area contributed by atoms with Gasteiger partial charge in [0.25, 0.3) is 0 Å². The van der Waals surface area contributed by atoms with Gasteiger partial charge >= 0.3 is 0 Å². The highest BCUT2D eigenvalue weighted by atomic mass is 32.1. The van der Waals surface area contributed by atoms with Crippen molar-refractivity contribution in [3.8, 4) is 11.3 Å². The van der Waals surface area contributed by atoms with E-state index < -0.39 is 0 Å². The quantitative estimate of drug-likeness (QED) is 0.390. The van der Waals surface area contributed by atoms with Gasteiger partial charge in [-0.2, -0.15) is 0 Å². The minimum atomic E-state index is 0.799. The Kier molecular flexibility index (Phi) is 4.65. The fourth-order valence-corrected chi connectivity index (χ4v) is 4.39. The number of hydrogen-bond acceptors (Lipinski definition) is 3. The number of nitrogens with one attached hydrogen (secondary N) is 1. The van der Waals surface area contributed by atoms with Gasteiger partial charge in [0.05, 0.1) is 11.4 Å². The SMILES string of the molecule is c1ccc(CCNCc2c(-c3ccc4ccccc4c3)nc3sccn23)cc1. The lowest BCUT2D eigenvalue weighted by Gasteiger charge is -2.08. The first-order valence-electron chi connectivity index (χ1n) is 9.57. The highest BCUT2D eigenvalue weighted by Gasteiger charge is 2.15. The lowest BCUT2D eigenvalue weighted by Crippen LogP contribution is -2.18. The average molecular weight is 384 g/mol. The van der Waals surface area contributed by atoms with Crippen molar-refractivity contribution < 1.29 is 0 Å². The molecular weight excluding hydrogens is 362 g/mol. The van der Waals surface area contributed by atoms with Gasteiger partial charge in [-0.05, 0) is 35.4 Å². The molecule has 5 aromatic rings. The predicted octanol–water partition coefficient (Wildman–Crippen LogP) is 5.55. The molecule has 0 bridgehead atoms. The van der Waals surface area contributed by atoms with Gasteiger partial charge < -0.3 is 5.32 Å². The molecule has 4 heteroatoms.